The number of ether oxygens (including phenoxy) is 1. The quantitative estimate of drug-likeness (QED) is 0.794. The highest BCUT2D eigenvalue weighted by molar-refractivity contribution is 5.85. The zero-order valence-corrected chi connectivity index (χ0v) is 15.3. The minimum Gasteiger partial charge on any atom is -0.497 e. The third-order valence-electron chi connectivity index (χ3n) is 5.30. The molecule has 0 radical (unpaired) electrons. The van der Waals surface area contributed by atoms with Crippen molar-refractivity contribution in [3.05, 3.63) is 29.8 Å². The number of amides is 1. The number of aliphatic carboxylic acids is 1. The first-order valence-corrected chi connectivity index (χ1v) is 9.06. The second kappa shape index (κ2) is 8.88. The van der Waals surface area contributed by atoms with Crippen molar-refractivity contribution < 1.29 is 19.4 Å². The molecule has 1 aliphatic carbocycles. The van der Waals surface area contributed by atoms with Gasteiger partial charge in [0.2, 0.25) is 5.91 Å². The lowest BCUT2D eigenvalue weighted by atomic mass is 9.76. The number of carboxylic acids is 1. The van der Waals surface area contributed by atoms with Crippen LogP contribution in [0, 0.1) is 17.8 Å². The van der Waals surface area contributed by atoms with E-state index in [1.54, 1.807) is 19.2 Å². The first-order chi connectivity index (χ1) is 11.9. The Balaban J connectivity index is 1.92. The number of carbonyl (C=O) groups is 2. The third kappa shape index (κ3) is 5.48. The smallest absolute Gasteiger partial charge is 0.326 e. The predicted molar refractivity (Wildman–Crippen MR) is 96.6 cm³/mol. The molecule has 2 N–H and O–H groups in total. The Kier molecular flexibility index (Phi) is 6.85. The molecule has 1 aromatic carbocycles. The van der Waals surface area contributed by atoms with Crippen LogP contribution in [0.25, 0.3) is 0 Å². The van der Waals surface area contributed by atoms with Crippen LogP contribution in [0.15, 0.2) is 24.3 Å². The summed E-state index contributed by atoms with van der Waals surface area (Å²) in [7, 11) is 1.59. The van der Waals surface area contributed by atoms with Gasteiger partial charge in [-0.15, -0.1) is 0 Å². The normalized spacial score (nSPS) is 21.6. The summed E-state index contributed by atoms with van der Waals surface area (Å²) in [6.45, 7) is 4.45. The molecular formula is C20H29NO4. The molecule has 5 nitrogen and oxygen atoms in total. The average molecular weight is 347 g/mol. The summed E-state index contributed by atoms with van der Waals surface area (Å²) < 4.78 is 5.10. The molecule has 0 saturated heterocycles. The summed E-state index contributed by atoms with van der Waals surface area (Å²) in [4.78, 5) is 24.0. The Morgan fingerprint density at radius 1 is 1.16 bits per heavy atom. The molecule has 1 atom stereocenters. The van der Waals surface area contributed by atoms with E-state index in [4.69, 9.17) is 4.74 Å². The van der Waals surface area contributed by atoms with Gasteiger partial charge in [0.15, 0.2) is 0 Å². The van der Waals surface area contributed by atoms with E-state index in [9.17, 15) is 14.7 Å². The highest BCUT2D eigenvalue weighted by Crippen LogP contribution is 2.33. The molecule has 1 fully saturated rings. The van der Waals surface area contributed by atoms with Gasteiger partial charge < -0.3 is 15.2 Å². The molecule has 5 heteroatoms. The predicted octanol–water partition coefficient (Wildman–Crippen LogP) is 3.27. The lowest BCUT2D eigenvalue weighted by Gasteiger charge is -2.30. The number of benzene rings is 1. The SMILES string of the molecule is COc1ccc(C[C@@H](NC(=O)C2CCC(C(C)C)CC2)C(=O)O)cc1. The largest absolute Gasteiger partial charge is 0.497 e. The van der Waals surface area contributed by atoms with Gasteiger partial charge in [0.1, 0.15) is 11.8 Å². The molecule has 0 unspecified atom stereocenters. The van der Waals surface area contributed by atoms with E-state index in [1.165, 1.54) is 0 Å². The molecule has 2 rings (SSSR count). The van der Waals surface area contributed by atoms with Gasteiger partial charge in [-0.3, -0.25) is 4.79 Å². The first kappa shape index (κ1) is 19.3. The topological polar surface area (TPSA) is 75.6 Å². The zero-order chi connectivity index (χ0) is 18.4. The van der Waals surface area contributed by atoms with E-state index in [0.717, 1.165) is 37.0 Å². The maximum absolute atomic E-state index is 12.5. The number of hydrogen-bond donors (Lipinski definition) is 2. The van der Waals surface area contributed by atoms with Gasteiger partial charge >= 0.3 is 5.97 Å². The van der Waals surface area contributed by atoms with Gasteiger partial charge in [-0.2, -0.15) is 0 Å². The van der Waals surface area contributed by atoms with Crippen LogP contribution in [0.3, 0.4) is 0 Å². The Labute approximate surface area is 149 Å². The Morgan fingerprint density at radius 3 is 2.24 bits per heavy atom. The van der Waals surface area contributed by atoms with Crippen LogP contribution in [0.4, 0.5) is 0 Å². The van der Waals surface area contributed by atoms with Gasteiger partial charge in [-0.25, -0.2) is 4.79 Å². The number of nitrogens with one attached hydrogen (secondary N) is 1. The fraction of sp³-hybridized carbons (Fsp3) is 0.600. The number of methoxy groups -OCH3 is 1. The summed E-state index contributed by atoms with van der Waals surface area (Å²) in [5.41, 5.74) is 0.858. The van der Waals surface area contributed by atoms with Crippen molar-refractivity contribution in [2.45, 2.75) is 52.0 Å². The molecule has 1 saturated carbocycles. The number of hydrogen-bond acceptors (Lipinski definition) is 3. The van der Waals surface area contributed by atoms with Crippen molar-refractivity contribution in [2.75, 3.05) is 7.11 Å². The standard InChI is InChI=1S/C20H29NO4/c1-13(2)15-6-8-16(9-7-15)19(22)21-18(20(23)24)12-14-4-10-17(25-3)11-5-14/h4-5,10-11,13,15-16,18H,6-9,12H2,1-3H3,(H,21,22)(H,23,24)/t15?,16?,18-/m1/s1. The fourth-order valence-electron chi connectivity index (χ4n) is 3.54. The molecule has 1 amide bonds. The molecule has 0 aromatic heterocycles. The van der Waals surface area contributed by atoms with Crippen LogP contribution in [-0.4, -0.2) is 30.1 Å². The average Bonchev–Trinajstić information content (AvgIpc) is 2.61. The summed E-state index contributed by atoms with van der Waals surface area (Å²) in [5.74, 6) is 0.863. The molecule has 1 aliphatic rings. The minimum absolute atomic E-state index is 0.0623. The Hall–Kier alpha value is -2.04. The minimum atomic E-state index is -1.000. The van der Waals surface area contributed by atoms with Crippen LogP contribution >= 0.6 is 0 Å². The molecule has 1 aromatic rings. The second-order valence-electron chi connectivity index (χ2n) is 7.31. The van der Waals surface area contributed by atoms with Gasteiger partial charge in [-0.1, -0.05) is 26.0 Å². The van der Waals surface area contributed by atoms with E-state index in [1.807, 2.05) is 12.1 Å². The third-order valence-corrected chi connectivity index (χ3v) is 5.30. The molecule has 0 heterocycles. The Bertz CT molecular complexity index is 574. The Morgan fingerprint density at radius 2 is 1.76 bits per heavy atom. The van der Waals surface area contributed by atoms with Crippen molar-refractivity contribution in [3.63, 3.8) is 0 Å². The number of carbonyl (C=O) groups excluding carboxylic acids is 1. The van der Waals surface area contributed by atoms with Gasteiger partial charge in [-0.05, 0) is 55.2 Å². The number of carboxylic acid groups (broad SMARTS) is 1. The molecular weight excluding hydrogens is 318 g/mol. The van der Waals surface area contributed by atoms with Gasteiger partial charge in [0.05, 0.1) is 7.11 Å². The van der Waals surface area contributed by atoms with Crippen LogP contribution in [0.1, 0.15) is 45.1 Å². The van der Waals surface area contributed by atoms with Gasteiger partial charge in [0, 0.05) is 12.3 Å². The van der Waals surface area contributed by atoms with E-state index in [2.05, 4.69) is 19.2 Å². The van der Waals surface area contributed by atoms with Crippen LogP contribution in [-0.2, 0) is 16.0 Å². The summed E-state index contributed by atoms with van der Waals surface area (Å²) in [6.07, 6.45) is 4.07. The molecule has 0 aliphatic heterocycles. The maximum Gasteiger partial charge on any atom is 0.326 e. The summed E-state index contributed by atoms with van der Waals surface area (Å²) in [6, 6.07) is 6.35. The van der Waals surface area contributed by atoms with E-state index in [-0.39, 0.29) is 18.2 Å². The van der Waals surface area contributed by atoms with Crippen LogP contribution in [0.2, 0.25) is 0 Å². The van der Waals surface area contributed by atoms with Crippen molar-refractivity contribution in [1.29, 1.82) is 0 Å². The maximum atomic E-state index is 12.5. The van der Waals surface area contributed by atoms with Crippen molar-refractivity contribution in [1.82, 2.24) is 5.32 Å². The zero-order valence-electron chi connectivity index (χ0n) is 15.3. The monoisotopic (exact) mass is 347 g/mol. The van der Waals surface area contributed by atoms with E-state index >= 15 is 0 Å². The van der Waals surface area contributed by atoms with Crippen molar-refractivity contribution in [3.8, 4) is 5.75 Å². The van der Waals surface area contributed by atoms with Crippen LogP contribution in [0.5, 0.6) is 5.75 Å². The lowest BCUT2D eigenvalue weighted by molar-refractivity contribution is -0.142. The lowest BCUT2D eigenvalue weighted by Crippen LogP contribution is -2.45. The molecule has 0 bridgehead atoms. The highest BCUT2D eigenvalue weighted by Gasteiger charge is 2.30. The molecule has 0 spiro atoms. The summed E-state index contributed by atoms with van der Waals surface area (Å²) in [5, 5.41) is 12.2. The van der Waals surface area contributed by atoms with Crippen LogP contribution < -0.4 is 10.1 Å². The molecule has 25 heavy (non-hydrogen) atoms. The first-order valence-electron chi connectivity index (χ1n) is 9.06. The van der Waals surface area contributed by atoms with Crippen molar-refractivity contribution >= 4 is 11.9 Å². The highest BCUT2D eigenvalue weighted by atomic mass is 16.5. The molecule has 138 valence electrons. The number of rotatable bonds is 7. The van der Waals surface area contributed by atoms with Gasteiger partial charge in [0.25, 0.3) is 0 Å². The van der Waals surface area contributed by atoms with Crippen molar-refractivity contribution in [2.24, 2.45) is 17.8 Å². The summed E-state index contributed by atoms with van der Waals surface area (Å²) >= 11 is 0. The van der Waals surface area contributed by atoms with E-state index < -0.39 is 12.0 Å². The van der Waals surface area contributed by atoms with E-state index in [0.29, 0.717) is 11.8 Å². The second-order valence-corrected chi connectivity index (χ2v) is 7.31. The fourth-order valence-corrected chi connectivity index (χ4v) is 3.54.